The number of pyridine rings is 1. The number of rotatable bonds is 6. The van der Waals surface area contributed by atoms with Gasteiger partial charge in [0.2, 0.25) is 0 Å². The fraction of sp³-hybridized carbons (Fsp3) is 0.545. The molecule has 0 atom stereocenters. The molecule has 0 radical (unpaired) electrons. The van der Waals surface area contributed by atoms with Crippen LogP contribution in [0.2, 0.25) is 5.02 Å². The van der Waals surface area contributed by atoms with Gasteiger partial charge in [-0.2, -0.15) is 0 Å². The highest BCUT2D eigenvalue weighted by Crippen LogP contribution is 2.20. The molecule has 16 heavy (non-hydrogen) atoms. The van der Waals surface area contributed by atoms with Crippen LogP contribution in [-0.2, 0) is 0 Å². The van der Waals surface area contributed by atoms with Crippen LogP contribution in [0.4, 0.5) is 11.5 Å². The fourth-order valence-electron chi connectivity index (χ4n) is 1.34. The summed E-state index contributed by atoms with van der Waals surface area (Å²) in [6.45, 7) is 1.98. The minimum absolute atomic E-state index is 0.576. The Bertz CT molecular complexity index is 328. The Morgan fingerprint density at radius 1 is 1.44 bits per heavy atom. The molecule has 0 aliphatic carbocycles. The van der Waals surface area contributed by atoms with Gasteiger partial charge in [0.15, 0.2) is 0 Å². The second-order valence-electron chi connectivity index (χ2n) is 4.04. The average molecular weight is 243 g/mol. The van der Waals surface area contributed by atoms with Crippen LogP contribution in [-0.4, -0.2) is 37.1 Å². The first-order valence-electron chi connectivity index (χ1n) is 5.39. The standard InChI is InChI=1S/C11H19ClN4/c1-16(2)6-4-3-5-14-11-10(12)7-9(13)8-15-11/h7-8H,3-6,13H2,1-2H3,(H,14,15). The molecule has 0 fully saturated rings. The van der Waals surface area contributed by atoms with Crippen molar-refractivity contribution in [1.82, 2.24) is 9.88 Å². The number of nitrogens with two attached hydrogens (primary N) is 1. The summed E-state index contributed by atoms with van der Waals surface area (Å²) in [7, 11) is 4.15. The van der Waals surface area contributed by atoms with Crippen molar-refractivity contribution in [2.24, 2.45) is 0 Å². The maximum atomic E-state index is 5.98. The topological polar surface area (TPSA) is 54.2 Å². The van der Waals surface area contributed by atoms with E-state index in [9.17, 15) is 0 Å². The molecule has 0 saturated carbocycles. The second-order valence-corrected chi connectivity index (χ2v) is 4.44. The predicted octanol–water partition coefficient (Wildman–Crippen LogP) is 2.07. The molecule has 90 valence electrons. The Balaban J connectivity index is 2.27. The van der Waals surface area contributed by atoms with Crippen LogP contribution >= 0.6 is 11.6 Å². The molecule has 4 nitrogen and oxygen atoms in total. The highest BCUT2D eigenvalue weighted by Gasteiger charge is 2.01. The lowest BCUT2D eigenvalue weighted by molar-refractivity contribution is 0.396. The monoisotopic (exact) mass is 242 g/mol. The van der Waals surface area contributed by atoms with Gasteiger partial charge in [0.05, 0.1) is 16.9 Å². The largest absolute Gasteiger partial charge is 0.397 e. The third kappa shape index (κ3) is 4.68. The summed E-state index contributed by atoms with van der Waals surface area (Å²) in [5.74, 6) is 0.709. The summed E-state index contributed by atoms with van der Waals surface area (Å²) in [5.41, 5.74) is 6.14. The number of aromatic nitrogens is 1. The van der Waals surface area contributed by atoms with E-state index >= 15 is 0 Å². The van der Waals surface area contributed by atoms with Crippen LogP contribution in [0.25, 0.3) is 0 Å². The van der Waals surface area contributed by atoms with Crippen molar-refractivity contribution in [3.63, 3.8) is 0 Å². The number of hydrogen-bond acceptors (Lipinski definition) is 4. The van der Waals surface area contributed by atoms with Gasteiger partial charge in [0.1, 0.15) is 5.82 Å². The molecule has 0 amide bonds. The molecule has 3 N–H and O–H groups in total. The number of anilines is 2. The molecule has 0 spiro atoms. The van der Waals surface area contributed by atoms with Crippen molar-refractivity contribution in [2.75, 3.05) is 38.2 Å². The van der Waals surface area contributed by atoms with Gasteiger partial charge < -0.3 is 16.0 Å². The van der Waals surface area contributed by atoms with Crippen LogP contribution in [0.5, 0.6) is 0 Å². The van der Waals surface area contributed by atoms with Crippen LogP contribution < -0.4 is 11.1 Å². The maximum absolute atomic E-state index is 5.98. The van der Waals surface area contributed by atoms with E-state index in [4.69, 9.17) is 17.3 Å². The molecule has 0 aliphatic heterocycles. The number of nitrogens with zero attached hydrogens (tertiary/aromatic N) is 2. The Morgan fingerprint density at radius 3 is 2.81 bits per heavy atom. The summed E-state index contributed by atoms with van der Waals surface area (Å²) in [4.78, 5) is 6.31. The van der Waals surface area contributed by atoms with Gasteiger partial charge >= 0.3 is 0 Å². The van der Waals surface area contributed by atoms with E-state index in [-0.39, 0.29) is 0 Å². The zero-order valence-corrected chi connectivity index (χ0v) is 10.6. The smallest absolute Gasteiger partial charge is 0.144 e. The summed E-state index contributed by atoms with van der Waals surface area (Å²) in [6.07, 6.45) is 3.86. The van der Waals surface area contributed by atoms with Crippen molar-refractivity contribution in [1.29, 1.82) is 0 Å². The first-order chi connectivity index (χ1) is 7.59. The Labute approximate surface area is 102 Å². The number of halogens is 1. The minimum atomic E-state index is 0.576. The second kappa shape index (κ2) is 6.55. The minimum Gasteiger partial charge on any atom is -0.397 e. The van der Waals surface area contributed by atoms with Crippen molar-refractivity contribution in [3.8, 4) is 0 Å². The normalized spacial score (nSPS) is 10.8. The molecule has 1 aromatic heterocycles. The average Bonchev–Trinajstić information content (AvgIpc) is 2.20. The van der Waals surface area contributed by atoms with Gasteiger partial charge in [-0.15, -0.1) is 0 Å². The molecule has 1 heterocycles. The van der Waals surface area contributed by atoms with E-state index < -0.39 is 0 Å². The number of hydrogen-bond donors (Lipinski definition) is 2. The van der Waals surface area contributed by atoms with Crippen molar-refractivity contribution in [3.05, 3.63) is 17.3 Å². The third-order valence-electron chi connectivity index (χ3n) is 2.19. The van der Waals surface area contributed by atoms with Gasteiger partial charge in [-0.25, -0.2) is 4.98 Å². The lowest BCUT2D eigenvalue weighted by atomic mass is 10.3. The Kier molecular flexibility index (Phi) is 5.35. The van der Waals surface area contributed by atoms with Crippen LogP contribution in [0.3, 0.4) is 0 Å². The lowest BCUT2D eigenvalue weighted by Gasteiger charge is -2.10. The van der Waals surface area contributed by atoms with E-state index in [0.717, 1.165) is 25.9 Å². The van der Waals surface area contributed by atoms with Crippen molar-refractivity contribution >= 4 is 23.1 Å². The van der Waals surface area contributed by atoms with Crippen LogP contribution in [0.1, 0.15) is 12.8 Å². The summed E-state index contributed by atoms with van der Waals surface area (Å²) in [6, 6.07) is 1.71. The van der Waals surface area contributed by atoms with Gasteiger partial charge in [-0.1, -0.05) is 11.6 Å². The van der Waals surface area contributed by atoms with E-state index in [1.54, 1.807) is 12.3 Å². The molecule has 5 heteroatoms. The number of unbranched alkanes of at least 4 members (excludes halogenated alkanes) is 1. The first kappa shape index (κ1) is 13.1. The predicted molar refractivity (Wildman–Crippen MR) is 69.9 cm³/mol. The van der Waals surface area contributed by atoms with Crippen molar-refractivity contribution < 1.29 is 0 Å². The van der Waals surface area contributed by atoms with Gasteiger partial charge in [-0.3, -0.25) is 0 Å². The molecule has 1 rings (SSSR count). The third-order valence-corrected chi connectivity index (χ3v) is 2.47. The number of nitrogen functional groups attached to an aromatic ring is 1. The summed E-state index contributed by atoms with van der Waals surface area (Å²) in [5, 5.41) is 3.77. The summed E-state index contributed by atoms with van der Waals surface area (Å²) >= 11 is 5.98. The van der Waals surface area contributed by atoms with E-state index in [1.807, 2.05) is 0 Å². The van der Waals surface area contributed by atoms with Gasteiger partial charge in [0, 0.05) is 6.54 Å². The van der Waals surface area contributed by atoms with E-state index in [2.05, 4.69) is 29.3 Å². The molecule has 0 bridgehead atoms. The molecule has 0 unspecified atom stereocenters. The SMILES string of the molecule is CN(C)CCCCNc1ncc(N)cc1Cl. The quantitative estimate of drug-likeness (QED) is 0.750. The van der Waals surface area contributed by atoms with Gasteiger partial charge in [0.25, 0.3) is 0 Å². The molecular weight excluding hydrogens is 224 g/mol. The van der Waals surface area contributed by atoms with E-state index in [1.165, 1.54) is 0 Å². The van der Waals surface area contributed by atoms with Crippen LogP contribution in [0.15, 0.2) is 12.3 Å². The first-order valence-corrected chi connectivity index (χ1v) is 5.77. The Hall–Kier alpha value is -1.00. The van der Waals surface area contributed by atoms with Crippen molar-refractivity contribution in [2.45, 2.75) is 12.8 Å². The highest BCUT2D eigenvalue weighted by molar-refractivity contribution is 6.33. The summed E-state index contributed by atoms with van der Waals surface area (Å²) < 4.78 is 0. The lowest BCUT2D eigenvalue weighted by Crippen LogP contribution is -2.14. The highest BCUT2D eigenvalue weighted by atomic mass is 35.5. The number of nitrogens with one attached hydrogen (secondary N) is 1. The molecule has 0 aromatic carbocycles. The molecule has 0 aliphatic rings. The molecule has 1 aromatic rings. The zero-order valence-electron chi connectivity index (χ0n) is 9.83. The van der Waals surface area contributed by atoms with Crippen LogP contribution in [0, 0.1) is 0 Å². The van der Waals surface area contributed by atoms with Gasteiger partial charge in [-0.05, 0) is 39.5 Å². The zero-order chi connectivity index (χ0) is 12.0. The fourth-order valence-corrected chi connectivity index (χ4v) is 1.58. The molecule has 0 saturated heterocycles. The van der Waals surface area contributed by atoms with E-state index in [0.29, 0.717) is 16.5 Å². The molecular formula is C11H19ClN4. The maximum Gasteiger partial charge on any atom is 0.144 e. The Morgan fingerprint density at radius 2 is 2.19 bits per heavy atom.